The highest BCUT2D eigenvalue weighted by molar-refractivity contribution is 9.10. The summed E-state index contributed by atoms with van der Waals surface area (Å²) < 4.78 is 2.94. The van der Waals surface area contributed by atoms with Gasteiger partial charge in [-0.05, 0) is 49.9 Å². The highest BCUT2D eigenvalue weighted by atomic mass is 79.9. The maximum absolute atomic E-state index is 12.0. The Morgan fingerprint density at radius 1 is 1.22 bits per heavy atom. The average molecular weight is 451 g/mol. The molecular weight excluding hydrogens is 428 g/mol. The standard InChI is InChI=1S/C18H23BrN6OS/c1-25-16(11-20-14-9-7-13(19)8-10-14)22-24-18(25)27-12-17(26)23-21-15-5-3-2-4-6-15/h7-10,20H,2-6,11-12H2,1H3,(H,23,26). The average Bonchev–Trinajstić information content (AvgIpc) is 3.05. The number of benzene rings is 1. The zero-order valence-corrected chi connectivity index (χ0v) is 17.6. The predicted octanol–water partition coefficient (Wildman–Crippen LogP) is 3.72. The summed E-state index contributed by atoms with van der Waals surface area (Å²) in [5, 5.41) is 16.6. The fourth-order valence-electron chi connectivity index (χ4n) is 2.75. The van der Waals surface area contributed by atoms with Crippen molar-refractivity contribution in [3.63, 3.8) is 0 Å². The van der Waals surface area contributed by atoms with Gasteiger partial charge < -0.3 is 9.88 Å². The van der Waals surface area contributed by atoms with Crippen LogP contribution < -0.4 is 10.7 Å². The van der Waals surface area contributed by atoms with E-state index in [4.69, 9.17) is 0 Å². The van der Waals surface area contributed by atoms with Gasteiger partial charge in [-0.1, -0.05) is 34.1 Å². The lowest BCUT2D eigenvalue weighted by Crippen LogP contribution is -2.22. The molecule has 1 saturated carbocycles. The second-order valence-electron chi connectivity index (χ2n) is 6.38. The first-order chi connectivity index (χ1) is 13.1. The largest absolute Gasteiger partial charge is 0.378 e. The van der Waals surface area contributed by atoms with E-state index in [0.29, 0.717) is 11.7 Å². The Morgan fingerprint density at radius 3 is 2.70 bits per heavy atom. The fraction of sp³-hybridized carbons (Fsp3) is 0.444. The van der Waals surface area contributed by atoms with Crippen molar-refractivity contribution < 1.29 is 4.79 Å². The van der Waals surface area contributed by atoms with E-state index in [1.807, 2.05) is 35.9 Å². The Balaban J connectivity index is 1.46. The number of amides is 1. The molecule has 0 radical (unpaired) electrons. The Labute approximate surface area is 171 Å². The summed E-state index contributed by atoms with van der Waals surface area (Å²) in [6.45, 7) is 0.561. The van der Waals surface area contributed by atoms with Crippen LogP contribution in [0.2, 0.25) is 0 Å². The van der Waals surface area contributed by atoms with Gasteiger partial charge >= 0.3 is 0 Å². The van der Waals surface area contributed by atoms with Crippen LogP contribution in [0.3, 0.4) is 0 Å². The zero-order chi connectivity index (χ0) is 19.1. The summed E-state index contributed by atoms with van der Waals surface area (Å²) in [4.78, 5) is 12.0. The van der Waals surface area contributed by atoms with Gasteiger partial charge in [0.2, 0.25) is 0 Å². The minimum Gasteiger partial charge on any atom is -0.378 e. The summed E-state index contributed by atoms with van der Waals surface area (Å²) in [5.41, 5.74) is 4.76. The van der Waals surface area contributed by atoms with Crippen molar-refractivity contribution >= 4 is 45.0 Å². The van der Waals surface area contributed by atoms with Gasteiger partial charge in [-0.2, -0.15) is 5.10 Å². The molecule has 0 saturated heterocycles. The summed E-state index contributed by atoms with van der Waals surface area (Å²) >= 11 is 4.78. The summed E-state index contributed by atoms with van der Waals surface area (Å²) in [5.74, 6) is 0.960. The van der Waals surface area contributed by atoms with Gasteiger partial charge in [0.05, 0.1) is 12.3 Å². The second kappa shape index (κ2) is 9.89. The predicted molar refractivity (Wildman–Crippen MR) is 112 cm³/mol. The number of carbonyl (C=O) groups is 1. The quantitative estimate of drug-likeness (QED) is 0.495. The van der Waals surface area contributed by atoms with E-state index >= 15 is 0 Å². The van der Waals surface area contributed by atoms with E-state index in [2.05, 4.69) is 42.0 Å². The minimum atomic E-state index is -0.115. The maximum Gasteiger partial charge on any atom is 0.250 e. The monoisotopic (exact) mass is 450 g/mol. The number of anilines is 1. The molecule has 1 aromatic heterocycles. The highest BCUT2D eigenvalue weighted by Crippen LogP contribution is 2.18. The summed E-state index contributed by atoms with van der Waals surface area (Å²) in [7, 11) is 1.90. The van der Waals surface area contributed by atoms with Crippen molar-refractivity contribution in [2.45, 2.75) is 43.8 Å². The maximum atomic E-state index is 12.0. The molecule has 0 bridgehead atoms. The molecule has 2 aromatic rings. The van der Waals surface area contributed by atoms with Gasteiger partial charge in [0.25, 0.3) is 5.91 Å². The number of rotatable bonds is 7. The number of halogens is 1. The molecule has 1 heterocycles. The van der Waals surface area contributed by atoms with Crippen LogP contribution in [-0.2, 0) is 18.4 Å². The van der Waals surface area contributed by atoms with Crippen LogP contribution in [0.1, 0.15) is 37.9 Å². The first kappa shape index (κ1) is 19.9. The SMILES string of the molecule is Cn1c(CNc2ccc(Br)cc2)nnc1SCC(=O)NN=C1CCCCC1. The van der Waals surface area contributed by atoms with E-state index in [0.717, 1.165) is 34.5 Å². The van der Waals surface area contributed by atoms with Crippen molar-refractivity contribution in [1.29, 1.82) is 0 Å². The molecule has 144 valence electrons. The van der Waals surface area contributed by atoms with Gasteiger partial charge in [0, 0.05) is 22.9 Å². The van der Waals surface area contributed by atoms with Crippen molar-refractivity contribution in [2.24, 2.45) is 12.1 Å². The molecule has 0 aliphatic heterocycles. The molecule has 7 nitrogen and oxygen atoms in total. The molecule has 0 spiro atoms. The third-order valence-corrected chi connectivity index (χ3v) is 5.87. The number of carbonyl (C=O) groups excluding carboxylic acids is 1. The second-order valence-corrected chi connectivity index (χ2v) is 8.24. The van der Waals surface area contributed by atoms with Crippen LogP contribution in [0.25, 0.3) is 0 Å². The van der Waals surface area contributed by atoms with Gasteiger partial charge in [-0.15, -0.1) is 10.2 Å². The smallest absolute Gasteiger partial charge is 0.250 e. The molecule has 1 aliphatic carbocycles. The van der Waals surface area contributed by atoms with Gasteiger partial charge in [0.1, 0.15) is 0 Å². The fourth-order valence-corrected chi connectivity index (χ4v) is 3.74. The van der Waals surface area contributed by atoms with Gasteiger partial charge in [-0.3, -0.25) is 4.79 Å². The molecule has 0 atom stereocenters. The lowest BCUT2D eigenvalue weighted by Gasteiger charge is -2.11. The van der Waals surface area contributed by atoms with E-state index < -0.39 is 0 Å². The van der Waals surface area contributed by atoms with Crippen LogP contribution in [0.5, 0.6) is 0 Å². The summed E-state index contributed by atoms with van der Waals surface area (Å²) in [6, 6.07) is 7.95. The van der Waals surface area contributed by atoms with Crippen LogP contribution >= 0.6 is 27.7 Å². The Bertz CT molecular complexity index is 797. The topological polar surface area (TPSA) is 84.2 Å². The zero-order valence-electron chi connectivity index (χ0n) is 15.2. The third kappa shape index (κ3) is 6.07. The third-order valence-electron chi connectivity index (χ3n) is 4.32. The molecule has 1 fully saturated rings. The number of hydrogen-bond donors (Lipinski definition) is 2. The number of nitrogens with zero attached hydrogens (tertiary/aromatic N) is 4. The van der Waals surface area contributed by atoms with E-state index in [9.17, 15) is 4.79 Å². The van der Waals surface area contributed by atoms with Crippen LogP contribution in [0, 0.1) is 0 Å². The lowest BCUT2D eigenvalue weighted by atomic mass is 9.99. The number of thioether (sulfide) groups is 1. The van der Waals surface area contributed by atoms with E-state index in [1.165, 1.54) is 31.0 Å². The molecule has 2 N–H and O–H groups in total. The molecule has 1 aromatic carbocycles. The highest BCUT2D eigenvalue weighted by Gasteiger charge is 2.12. The van der Waals surface area contributed by atoms with Crippen LogP contribution in [0.15, 0.2) is 39.0 Å². The van der Waals surface area contributed by atoms with E-state index in [-0.39, 0.29) is 11.7 Å². The van der Waals surface area contributed by atoms with Gasteiger partial charge in [-0.25, -0.2) is 5.43 Å². The normalized spacial score (nSPS) is 14.1. The van der Waals surface area contributed by atoms with Crippen LogP contribution in [0.4, 0.5) is 5.69 Å². The van der Waals surface area contributed by atoms with Crippen molar-refractivity contribution in [3.05, 3.63) is 34.6 Å². The van der Waals surface area contributed by atoms with E-state index in [1.54, 1.807) is 0 Å². The first-order valence-electron chi connectivity index (χ1n) is 8.96. The molecule has 9 heteroatoms. The molecule has 27 heavy (non-hydrogen) atoms. The van der Waals surface area contributed by atoms with Crippen molar-refractivity contribution in [3.8, 4) is 0 Å². The Kier molecular flexibility index (Phi) is 7.28. The summed E-state index contributed by atoms with van der Waals surface area (Å²) in [6.07, 6.45) is 5.57. The lowest BCUT2D eigenvalue weighted by molar-refractivity contribution is -0.118. The minimum absolute atomic E-state index is 0.115. The van der Waals surface area contributed by atoms with Crippen molar-refractivity contribution in [2.75, 3.05) is 11.1 Å². The van der Waals surface area contributed by atoms with Gasteiger partial charge in [0.15, 0.2) is 11.0 Å². The number of nitrogens with one attached hydrogen (secondary N) is 2. The number of aromatic nitrogens is 3. The molecule has 1 amide bonds. The number of hydrogen-bond acceptors (Lipinski definition) is 6. The Morgan fingerprint density at radius 2 is 1.96 bits per heavy atom. The first-order valence-corrected chi connectivity index (χ1v) is 10.7. The molecular formula is C18H23BrN6OS. The van der Waals surface area contributed by atoms with Crippen LogP contribution in [-0.4, -0.2) is 32.1 Å². The molecule has 0 unspecified atom stereocenters. The van der Waals surface area contributed by atoms with Crippen molar-refractivity contribution in [1.82, 2.24) is 20.2 Å². The molecule has 1 aliphatic rings. The Hall–Kier alpha value is -1.87. The molecule has 3 rings (SSSR count). The number of hydrazone groups is 1.